The Morgan fingerprint density at radius 3 is 2.33 bits per heavy atom. The van der Waals surface area contributed by atoms with Crippen LogP contribution < -0.4 is 4.74 Å². The molecule has 1 aromatic rings. The maximum atomic E-state index is 11.2. The molecule has 0 aromatic heterocycles. The number of aliphatic hydroxyl groups excluding tert-OH is 1. The van der Waals surface area contributed by atoms with Crippen molar-refractivity contribution in [3.05, 3.63) is 24.3 Å². The molecule has 5 nitrogen and oxygen atoms in total. The molecule has 0 bridgehead atoms. The summed E-state index contributed by atoms with van der Waals surface area (Å²) in [7, 11) is -1.99. The van der Waals surface area contributed by atoms with E-state index < -0.39 is 10.1 Å². The Morgan fingerprint density at radius 2 is 1.87 bits per heavy atom. The number of hydrogen-bond acceptors (Lipinski definition) is 5. The van der Waals surface area contributed by atoms with Crippen molar-refractivity contribution >= 4 is 19.6 Å². The maximum Gasteiger partial charge on any atom is 0.299 e. The largest absolute Gasteiger partial charge is 0.491 e. The normalized spacial score (nSPS) is 11.3. The van der Waals surface area contributed by atoms with Gasteiger partial charge >= 0.3 is 0 Å². The molecule has 1 atom stereocenters. The summed E-state index contributed by atoms with van der Waals surface area (Å²) in [6, 6.07) is 5.72. The number of aliphatic hydroxyl groups is 1. The van der Waals surface area contributed by atoms with Crippen LogP contribution >= 0.6 is 9.47 Å². The van der Waals surface area contributed by atoms with Gasteiger partial charge in [0.05, 0.1) is 11.5 Å². The maximum absolute atomic E-state index is 11.2. The first kappa shape index (κ1) is 12.4. The van der Waals surface area contributed by atoms with Crippen molar-refractivity contribution in [2.45, 2.75) is 4.90 Å². The van der Waals surface area contributed by atoms with Gasteiger partial charge in [0.1, 0.15) is 12.4 Å². The fourth-order valence-electron chi connectivity index (χ4n) is 0.922. The Morgan fingerprint density at radius 1 is 1.27 bits per heavy atom. The van der Waals surface area contributed by atoms with Crippen molar-refractivity contribution in [2.24, 2.45) is 0 Å². The van der Waals surface area contributed by atoms with E-state index in [1.807, 2.05) is 0 Å². The van der Waals surface area contributed by atoms with E-state index in [1.54, 1.807) is 9.47 Å². The van der Waals surface area contributed by atoms with E-state index in [4.69, 9.17) is 9.84 Å². The van der Waals surface area contributed by atoms with Crippen molar-refractivity contribution in [3.8, 4) is 5.75 Å². The van der Waals surface area contributed by atoms with Gasteiger partial charge in [0.15, 0.2) is 0 Å². The summed E-state index contributed by atoms with van der Waals surface area (Å²) >= 11 is 0. The molecule has 0 spiro atoms. The fraction of sp³-hybridized carbons (Fsp3) is 0.250. The van der Waals surface area contributed by atoms with E-state index in [9.17, 15) is 8.42 Å². The minimum Gasteiger partial charge on any atom is -0.491 e. The van der Waals surface area contributed by atoms with Crippen LogP contribution in [0.1, 0.15) is 0 Å². The molecule has 1 aromatic carbocycles. The number of hydrogen-bond donors (Lipinski definition) is 1. The predicted molar refractivity (Wildman–Crippen MR) is 57.0 cm³/mol. The lowest BCUT2D eigenvalue weighted by Crippen LogP contribution is -2.02. The van der Waals surface area contributed by atoms with Gasteiger partial charge in [0, 0.05) is 9.47 Å². The molecule has 1 unspecified atom stereocenters. The summed E-state index contributed by atoms with van der Waals surface area (Å²) in [4.78, 5) is 0.0499. The zero-order valence-electron chi connectivity index (χ0n) is 7.79. The second-order valence-electron chi connectivity index (χ2n) is 2.59. The lowest BCUT2D eigenvalue weighted by Gasteiger charge is -2.05. The molecular formula is C8H11O5PS. The van der Waals surface area contributed by atoms with E-state index in [0.29, 0.717) is 5.75 Å². The molecule has 1 N–H and O–H groups in total. The first-order valence-corrected chi connectivity index (χ1v) is 5.95. The van der Waals surface area contributed by atoms with Crippen molar-refractivity contribution in [2.75, 3.05) is 13.2 Å². The van der Waals surface area contributed by atoms with E-state index >= 15 is 0 Å². The van der Waals surface area contributed by atoms with Crippen LogP contribution in [0.4, 0.5) is 0 Å². The van der Waals surface area contributed by atoms with Gasteiger partial charge in [0.2, 0.25) is 0 Å². The van der Waals surface area contributed by atoms with Crippen LogP contribution in [-0.4, -0.2) is 26.7 Å². The molecule has 0 amide bonds. The minimum absolute atomic E-state index is 0.0499. The number of benzene rings is 1. The molecule has 0 radical (unpaired) electrons. The molecule has 7 heteroatoms. The third-order valence-corrected chi connectivity index (χ3v) is 3.46. The summed E-state index contributed by atoms with van der Waals surface area (Å²) in [5.41, 5.74) is 0. The molecule has 0 aliphatic heterocycles. The van der Waals surface area contributed by atoms with Gasteiger partial charge < -0.3 is 9.84 Å². The molecule has 0 aliphatic rings. The van der Waals surface area contributed by atoms with Crippen LogP contribution in [0.25, 0.3) is 0 Å². The average Bonchev–Trinajstić information content (AvgIpc) is 2.27. The van der Waals surface area contributed by atoms with Crippen molar-refractivity contribution in [1.29, 1.82) is 0 Å². The van der Waals surface area contributed by atoms with Crippen molar-refractivity contribution in [3.63, 3.8) is 0 Å². The van der Waals surface area contributed by atoms with Crippen molar-refractivity contribution in [1.82, 2.24) is 0 Å². The average molecular weight is 250 g/mol. The third kappa shape index (κ3) is 3.43. The van der Waals surface area contributed by atoms with Gasteiger partial charge in [0.25, 0.3) is 10.1 Å². The highest BCUT2D eigenvalue weighted by Crippen LogP contribution is 2.18. The van der Waals surface area contributed by atoms with E-state index in [2.05, 4.69) is 3.97 Å². The summed E-state index contributed by atoms with van der Waals surface area (Å²) in [6.07, 6.45) is 0. The highest BCUT2D eigenvalue weighted by atomic mass is 32.2. The van der Waals surface area contributed by atoms with Crippen LogP contribution in [-0.2, 0) is 14.1 Å². The van der Waals surface area contributed by atoms with Gasteiger partial charge in [-0.3, -0.25) is 3.97 Å². The summed E-state index contributed by atoms with van der Waals surface area (Å²) in [5, 5.41) is 8.51. The first-order valence-electron chi connectivity index (χ1n) is 4.07. The Hall–Kier alpha value is -0.680. The molecule has 0 saturated heterocycles. The fourth-order valence-corrected chi connectivity index (χ4v) is 1.84. The quantitative estimate of drug-likeness (QED) is 0.773. The molecule has 0 aliphatic carbocycles. The second kappa shape index (κ2) is 5.42. The van der Waals surface area contributed by atoms with Gasteiger partial charge in [-0.2, -0.15) is 8.42 Å². The van der Waals surface area contributed by atoms with Crippen LogP contribution in [0, 0.1) is 0 Å². The van der Waals surface area contributed by atoms with Crippen LogP contribution in [0.2, 0.25) is 0 Å². The second-order valence-corrected chi connectivity index (χ2v) is 4.74. The highest BCUT2D eigenvalue weighted by Gasteiger charge is 2.12. The van der Waals surface area contributed by atoms with E-state index in [0.717, 1.165) is 0 Å². The molecule has 84 valence electrons. The Bertz CT molecular complexity index is 400. The van der Waals surface area contributed by atoms with Crippen molar-refractivity contribution < 1.29 is 22.2 Å². The molecule has 0 fully saturated rings. The topological polar surface area (TPSA) is 72.8 Å². The molecule has 0 saturated carbocycles. The Balaban J connectivity index is 2.81. The predicted octanol–water partition coefficient (Wildman–Crippen LogP) is 0.553. The van der Waals surface area contributed by atoms with Crippen LogP contribution in [0.5, 0.6) is 5.75 Å². The smallest absolute Gasteiger partial charge is 0.299 e. The van der Waals surface area contributed by atoms with Gasteiger partial charge in [-0.25, -0.2) is 0 Å². The first-order chi connectivity index (χ1) is 7.10. The summed E-state index contributed by atoms with van der Waals surface area (Å²) in [5.74, 6) is 0.492. The van der Waals surface area contributed by atoms with E-state index in [-0.39, 0.29) is 18.1 Å². The summed E-state index contributed by atoms with van der Waals surface area (Å²) in [6.45, 7) is 0.0843. The molecular weight excluding hydrogens is 239 g/mol. The third-order valence-electron chi connectivity index (χ3n) is 1.60. The van der Waals surface area contributed by atoms with Gasteiger partial charge in [-0.15, -0.1) is 0 Å². The lowest BCUT2D eigenvalue weighted by molar-refractivity contribution is 0.201. The summed E-state index contributed by atoms with van der Waals surface area (Å²) < 4.78 is 31.7. The monoisotopic (exact) mass is 250 g/mol. The standard InChI is InChI=1S/C8H11O5PS/c9-5-6-12-7-1-3-8(4-2-7)15(10,11)13-14/h1-4,9H,5-6,14H2. The molecule has 1 rings (SSSR count). The lowest BCUT2D eigenvalue weighted by atomic mass is 10.3. The number of ether oxygens (including phenoxy) is 1. The molecule has 0 heterocycles. The highest BCUT2D eigenvalue weighted by molar-refractivity contribution is 7.88. The van der Waals surface area contributed by atoms with Crippen LogP contribution in [0.15, 0.2) is 29.2 Å². The van der Waals surface area contributed by atoms with Gasteiger partial charge in [-0.1, -0.05) is 0 Å². The molecule has 15 heavy (non-hydrogen) atoms. The number of rotatable bonds is 5. The minimum atomic E-state index is -3.68. The van der Waals surface area contributed by atoms with Gasteiger partial charge in [-0.05, 0) is 24.3 Å². The SMILES string of the molecule is O=S(=O)(OP)c1ccc(OCCO)cc1. The Kier molecular flexibility index (Phi) is 4.47. The zero-order chi connectivity index (χ0) is 11.3. The zero-order valence-corrected chi connectivity index (χ0v) is 9.76. The Labute approximate surface area is 90.4 Å². The van der Waals surface area contributed by atoms with E-state index in [1.165, 1.54) is 24.3 Å². The van der Waals surface area contributed by atoms with Crippen LogP contribution in [0.3, 0.4) is 0 Å².